The lowest BCUT2D eigenvalue weighted by Gasteiger charge is -2.62. The quantitative estimate of drug-likeness (QED) is 0.658. The summed E-state index contributed by atoms with van der Waals surface area (Å²) < 4.78 is 27.3. The second kappa shape index (κ2) is 7.14. The second-order valence-corrected chi connectivity index (χ2v) is 10.3. The number of ether oxygens (including phenoxy) is 2. The van der Waals surface area contributed by atoms with Crippen LogP contribution in [0.15, 0.2) is 23.5 Å². The van der Waals surface area contributed by atoms with Gasteiger partial charge in [0.05, 0.1) is 19.0 Å². The van der Waals surface area contributed by atoms with Gasteiger partial charge in [-0.1, -0.05) is 19.9 Å². The maximum atomic E-state index is 17.1. The van der Waals surface area contributed by atoms with Crippen molar-refractivity contribution in [1.29, 1.82) is 0 Å². The number of allylic oxidation sites excluding steroid dienone is 4. The van der Waals surface area contributed by atoms with Crippen LogP contribution in [0.3, 0.4) is 0 Å². The smallest absolute Gasteiger partial charge is 0.303 e. The molecule has 4 aliphatic carbocycles. The minimum absolute atomic E-state index is 0.0172. The third kappa shape index (κ3) is 2.81. The van der Waals surface area contributed by atoms with Gasteiger partial charge in [0, 0.05) is 30.1 Å². The summed E-state index contributed by atoms with van der Waals surface area (Å²) in [6.07, 6.45) is 4.82. The van der Waals surface area contributed by atoms with Crippen LogP contribution in [0.1, 0.15) is 59.3 Å². The molecule has 7 heteroatoms. The molecule has 0 aromatic rings. The molecule has 0 aliphatic heterocycles. The Hall–Kier alpha value is -1.73. The minimum atomic E-state index is -1.86. The highest BCUT2D eigenvalue weighted by atomic mass is 19.1. The van der Waals surface area contributed by atoms with Crippen LogP contribution < -0.4 is 0 Å². The van der Waals surface area contributed by atoms with Crippen molar-refractivity contribution < 1.29 is 33.7 Å². The molecule has 0 bridgehead atoms. The van der Waals surface area contributed by atoms with E-state index in [0.29, 0.717) is 25.7 Å². The number of fused-ring (bicyclic) bond motifs is 5. The molecule has 172 valence electrons. The third-order valence-corrected chi connectivity index (χ3v) is 9.10. The molecule has 2 fully saturated rings. The van der Waals surface area contributed by atoms with Crippen LogP contribution in [0.5, 0.6) is 0 Å². The molecule has 4 rings (SSSR count). The summed E-state index contributed by atoms with van der Waals surface area (Å²) in [4.78, 5) is 24.1. The lowest BCUT2D eigenvalue weighted by atomic mass is 9.45. The van der Waals surface area contributed by atoms with Crippen molar-refractivity contribution in [2.24, 2.45) is 22.7 Å². The normalized spacial score (nSPS) is 46.1. The first-order valence-corrected chi connectivity index (χ1v) is 11.2. The summed E-state index contributed by atoms with van der Waals surface area (Å²) in [6.45, 7) is 4.36. The fourth-order valence-corrected chi connectivity index (χ4v) is 7.22. The fourth-order valence-electron chi connectivity index (χ4n) is 7.22. The van der Waals surface area contributed by atoms with Gasteiger partial charge in [-0.25, -0.2) is 4.39 Å². The van der Waals surface area contributed by atoms with E-state index >= 15 is 4.39 Å². The topological polar surface area (TPSA) is 93.1 Å². The van der Waals surface area contributed by atoms with Gasteiger partial charge in [0.2, 0.25) is 5.78 Å². The van der Waals surface area contributed by atoms with Crippen molar-refractivity contribution in [3.8, 4) is 0 Å². The summed E-state index contributed by atoms with van der Waals surface area (Å²) in [5.41, 5.74) is -4.61. The van der Waals surface area contributed by atoms with Gasteiger partial charge in [-0.3, -0.25) is 9.59 Å². The van der Waals surface area contributed by atoms with Gasteiger partial charge in [-0.15, -0.1) is 0 Å². The number of carbonyl (C=O) groups is 2. The number of halogens is 1. The zero-order valence-corrected chi connectivity index (χ0v) is 18.7. The van der Waals surface area contributed by atoms with Crippen LogP contribution in [0.2, 0.25) is 0 Å². The fraction of sp³-hybridized carbons (Fsp3) is 0.750. The monoisotopic (exact) mass is 436 g/mol. The predicted molar refractivity (Wildman–Crippen MR) is 111 cm³/mol. The van der Waals surface area contributed by atoms with E-state index in [1.165, 1.54) is 6.92 Å². The number of ketones is 1. The Labute approximate surface area is 182 Å². The van der Waals surface area contributed by atoms with Gasteiger partial charge >= 0.3 is 5.97 Å². The number of alkyl halides is 1. The average Bonchev–Trinajstić information content (AvgIpc) is 2.98. The lowest BCUT2D eigenvalue weighted by Crippen LogP contribution is -2.69. The number of aliphatic hydroxyl groups excluding tert-OH is 1. The molecule has 2 saturated carbocycles. The molecule has 0 aromatic heterocycles. The van der Waals surface area contributed by atoms with Crippen molar-refractivity contribution in [2.75, 3.05) is 13.7 Å². The number of hydrogen-bond donors (Lipinski definition) is 2. The summed E-state index contributed by atoms with van der Waals surface area (Å²) in [5, 5.41) is 22.7. The molecule has 0 aromatic carbocycles. The van der Waals surface area contributed by atoms with Gasteiger partial charge in [-0.05, 0) is 49.7 Å². The Balaban J connectivity index is 1.72. The molecular formula is C24H33FO6. The first kappa shape index (κ1) is 22.5. The van der Waals surface area contributed by atoms with Crippen molar-refractivity contribution in [3.05, 3.63) is 23.5 Å². The minimum Gasteiger partial charge on any atom is -0.501 e. The summed E-state index contributed by atoms with van der Waals surface area (Å²) >= 11 is 0. The van der Waals surface area contributed by atoms with Crippen LogP contribution >= 0.6 is 0 Å². The number of Topliss-reactive ketones (excluding diaryl/α,β-unsaturated/α-hetero) is 1. The van der Waals surface area contributed by atoms with E-state index in [-0.39, 0.29) is 18.8 Å². The Morgan fingerprint density at radius 1 is 1.26 bits per heavy atom. The van der Waals surface area contributed by atoms with Crippen LogP contribution in [0.25, 0.3) is 0 Å². The first-order valence-electron chi connectivity index (χ1n) is 11.2. The Kier molecular flexibility index (Phi) is 5.17. The van der Waals surface area contributed by atoms with E-state index in [9.17, 15) is 19.8 Å². The van der Waals surface area contributed by atoms with Gasteiger partial charge in [0.15, 0.2) is 6.61 Å². The van der Waals surface area contributed by atoms with Crippen molar-refractivity contribution in [1.82, 2.24) is 0 Å². The molecule has 2 N–H and O–H groups in total. The van der Waals surface area contributed by atoms with Gasteiger partial charge in [-0.2, -0.15) is 0 Å². The maximum absolute atomic E-state index is 17.1. The van der Waals surface area contributed by atoms with Crippen LogP contribution in [-0.2, 0) is 19.1 Å². The van der Waals surface area contributed by atoms with E-state index in [1.807, 2.05) is 19.1 Å². The van der Waals surface area contributed by atoms with E-state index < -0.39 is 52.5 Å². The third-order valence-electron chi connectivity index (χ3n) is 9.10. The molecule has 0 heterocycles. The molecule has 4 aliphatic rings. The lowest BCUT2D eigenvalue weighted by molar-refractivity contribution is -0.220. The van der Waals surface area contributed by atoms with Crippen molar-refractivity contribution in [2.45, 2.75) is 76.7 Å². The number of rotatable bonds is 4. The van der Waals surface area contributed by atoms with Crippen LogP contribution in [0, 0.1) is 22.7 Å². The summed E-state index contributed by atoms with van der Waals surface area (Å²) in [6, 6.07) is 0. The number of aliphatic hydroxyl groups is 2. The first-order chi connectivity index (χ1) is 14.4. The Bertz CT molecular complexity index is 866. The van der Waals surface area contributed by atoms with Crippen molar-refractivity contribution >= 4 is 11.8 Å². The summed E-state index contributed by atoms with van der Waals surface area (Å²) in [5.74, 6) is -1.14. The molecule has 0 saturated heterocycles. The highest BCUT2D eigenvalue weighted by molar-refractivity contribution is 5.91. The molecule has 0 radical (unpaired) electrons. The highest BCUT2D eigenvalue weighted by Crippen LogP contribution is 2.69. The van der Waals surface area contributed by atoms with E-state index in [0.717, 1.165) is 11.3 Å². The molecule has 6 nitrogen and oxygen atoms in total. The van der Waals surface area contributed by atoms with Crippen LogP contribution in [-0.4, -0.2) is 53.1 Å². The van der Waals surface area contributed by atoms with E-state index in [2.05, 4.69) is 0 Å². The predicted octanol–water partition coefficient (Wildman–Crippen LogP) is 3.02. The zero-order chi connectivity index (χ0) is 22.8. The Morgan fingerprint density at radius 2 is 1.97 bits per heavy atom. The van der Waals surface area contributed by atoms with Gasteiger partial charge in [0.1, 0.15) is 11.3 Å². The molecular weight excluding hydrogens is 403 g/mol. The number of methoxy groups -OCH3 is 1. The second-order valence-electron chi connectivity index (χ2n) is 10.3. The van der Waals surface area contributed by atoms with Crippen LogP contribution in [0.4, 0.5) is 4.39 Å². The zero-order valence-electron chi connectivity index (χ0n) is 18.7. The standard InChI is InChI=1S/C24H33FO6/c1-14(26)31-13-20(28)23(29)10-8-17-18-6-5-15-11-16(30-4)7-9-21(15,2)24(18,25)19(27)12-22(17,23)3/h5,11,17-19,27,29H,6-10,12-13H2,1-4H3/t17-,18-,19-,21-,22-,23-,24-/m0/s1. The van der Waals surface area contributed by atoms with Gasteiger partial charge in [0.25, 0.3) is 0 Å². The maximum Gasteiger partial charge on any atom is 0.303 e. The number of esters is 1. The Morgan fingerprint density at radius 3 is 2.61 bits per heavy atom. The molecule has 31 heavy (non-hydrogen) atoms. The van der Waals surface area contributed by atoms with E-state index in [1.54, 1.807) is 14.0 Å². The number of carbonyl (C=O) groups excluding carboxylic acids is 2. The van der Waals surface area contributed by atoms with E-state index in [4.69, 9.17) is 9.47 Å². The average molecular weight is 437 g/mol. The largest absolute Gasteiger partial charge is 0.501 e. The van der Waals surface area contributed by atoms with Crippen molar-refractivity contribution in [3.63, 3.8) is 0 Å². The SMILES string of the molecule is COC1=CC2=CC[C@H]3[C@@H]4CC[C@](O)(C(=O)COC(C)=O)[C@@]4(C)C[C@H](O)[C@]3(F)[C@@]2(C)CC1. The highest BCUT2D eigenvalue weighted by Gasteiger charge is 2.73. The molecule has 0 unspecified atom stereocenters. The molecule has 0 spiro atoms. The summed E-state index contributed by atoms with van der Waals surface area (Å²) in [7, 11) is 1.61. The number of hydrogen-bond acceptors (Lipinski definition) is 6. The van der Waals surface area contributed by atoms with Gasteiger partial charge < -0.3 is 19.7 Å². The molecule has 7 atom stereocenters. The molecule has 0 amide bonds.